The first-order valence-corrected chi connectivity index (χ1v) is 13.2. The molecule has 1 N–H and O–H groups in total. The van der Waals surface area contributed by atoms with Crippen molar-refractivity contribution in [2.45, 2.75) is 37.7 Å². The normalized spacial score (nSPS) is 15.4. The fraction of sp³-hybridized carbons (Fsp3) is 0.304. The number of amides is 1. The number of nitrogens with one attached hydrogen (secondary N) is 1. The predicted molar refractivity (Wildman–Crippen MR) is 130 cm³/mol. The van der Waals surface area contributed by atoms with Crippen molar-refractivity contribution in [2.24, 2.45) is 0 Å². The molecule has 1 aliphatic heterocycles. The molecular formula is C23H24ClN3O4S2. The van der Waals surface area contributed by atoms with Crippen molar-refractivity contribution in [3.05, 3.63) is 58.4 Å². The van der Waals surface area contributed by atoms with Crippen molar-refractivity contribution in [1.82, 2.24) is 9.29 Å². The summed E-state index contributed by atoms with van der Waals surface area (Å²) in [6.07, 6.45) is 1.06. The number of thiazole rings is 1. The van der Waals surface area contributed by atoms with Crippen molar-refractivity contribution in [3.63, 3.8) is 0 Å². The molecule has 174 valence electrons. The third-order valence-corrected chi connectivity index (χ3v) is 8.49. The Balaban J connectivity index is 1.40. The fourth-order valence-electron chi connectivity index (χ4n) is 3.49. The van der Waals surface area contributed by atoms with Crippen molar-refractivity contribution >= 4 is 44.0 Å². The Morgan fingerprint density at radius 3 is 2.55 bits per heavy atom. The molecular weight excluding hydrogens is 482 g/mol. The van der Waals surface area contributed by atoms with Crippen LogP contribution in [0.4, 0.5) is 5.13 Å². The topological polar surface area (TPSA) is 88.6 Å². The maximum Gasteiger partial charge on any atom is 0.266 e. The summed E-state index contributed by atoms with van der Waals surface area (Å²) >= 11 is 7.32. The first-order chi connectivity index (χ1) is 15.7. The van der Waals surface area contributed by atoms with Crippen LogP contribution in [0.15, 0.2) is 52.7 Å². The minimum atomic E-state index is -3.45. The molecule has 4 rings (SSSR count). The number of benzene rings is 2. The third kappa shape index (κ3) is 5.38. The number of rotatable bonds is 7. The molecule has 10 heteroatoms. The van der Waals surface area contributed by atoms with Crippen molar-refractivity contribution in [3.8, 4) is 17.0 Å². The number of carbonyl (C=O) groups excluding carboxylic acids is 1. The van der Waals surface area contributed by atoms with E-state index in [1.807, 2.05) is 12.3 Å². The number of carbonyl (C=O) groups is 1. The maximum atomic E-state index is 12.7. The first kappa shape index (κ1) is 23.7. The van der Waals surface area contributed by atoms with Gasteiger partial charge in [0.05, 0.1) is 10.6 Å². The lowest BCUT2D eigenvalue weighted by Crippen LogP contribution is -2.30. The molecule has 1 aromatic heterocycles. The second-order valence-corrected chi connectivity index (χ2v) is 11.0. The highest BCUT2D eigenvalue weighted by molar-refractivity contribution is 7.89. The molecule has 1 unspecified atom stereocenters. The average Bonchev–Trinajstić information content (AvgIpc) is 3.49. The Bertz CT molecular complexity index is 1250. The second kappa shape index (κ2) is 9.80. The molecule has 0 aliphatic carbocycles. The van der Waals surface area contributed by atoms with E-state index in [0.29, 0.717) is 34.7 Å². The summed E-state index contributed by atoms with van der Waals surface area (Å²) in [6.45, 7) is 4.66. The smallest absolute Gasteiger partial charge is 0.266 e. The molecule has 1 saturated heterocycles. The lowest BCUT2D eigenvalue weighted by Gasteiger charge is -2.15. The third-order valence-electron chi connectivity index (χ3n) is 5.40. The first-order valence-electron chi connectivity index (χ1n) is 10.5. The van der Waals surface area contributed by atoms with Crippen LogP contribution in [-0.4, -0.2) is 42.8 Å². The van der Waals surface area contributed by atoms with Gasteiger partial charge in [0.15, 0.2) is 11.2 Å². The van der Waals surface area contributed by atoms with Gasteiger partial charge in [-0.25, -0.2) is 13.4 Å². The highest BCUT2D eigenvalue weighted by Crippen LogP contribution is 2.28. The fourth-order valence-corrected chi connectivity index (χ4v) is 5.85. The Morgan fingerprint density at radius 1 is 1.18 bits per heavy atom. The highest BCUT2D eigenvalue weighted by Gasteiger charge is 2.27. The van der Waals surface area contributed by atoms with Crippen LogP contribution in [-0.2, 0) is 14.8 Å². The van der Waals surface area contributed by atoms with Gasteiger partial charge in [0.25, 0.3) is 5.91 Å². The summed E-state index contributed by atoms with van der Waals surface area (Å²) in [6, 6.07) is 11.9. The van der Waals surface area contributed by atoms with E-state index in [4.69, 9.17) is 16.3 Å². The highest BCUT2D eigenvalue weighted by atomic mass is 35.5. The van der Waals surface area contributed by atoms with E-state index in [1.54, 1.807) is 49.4 Å². The Morgan fingerprint density at radius 2 is 1.88 bits per heavy atom. The molecule has 1 amide bonds. The van der Waals surface area contributed by atoms with E-state index in [1.165, 1.54) is 15.6 Å². The molecule has 1 fully saturated rings. The molecule has 0 radical (unpaired) electrons. The van der Waals surface area contributed by atoms with E-state index in [-0.39, 0.29) is 10.8 Å². The average molecular weight is 506 g/mol. The van der Waals surface area contributed by atoms with Gasteiger partial charge in [0.1, 0.15) is 5.75 Å². The largest absolute Gasteiger partial charge is 0.481 e. The zero-order valence-corrected chi connectivity index (χ0v) is 20.6. The van der Waals surface area contributed by atoms with Crippen molar-refractivity contribution in [1.29, 1.82) is 0 Å². The van der Waals surface area contributed by atoms with Crippen molar-refractivity contribution < 1.29 is 17.9 Å². The minimum absolute atomic E-state index is 0.278. The van der Waals surface area contributed by atoms with Gasteiger partial charge in [0, 0.05) is 29.1 Å². The standard InChI is InChI=1S/C23H24ClN3O4S2/c1-15-13-18(7-10-20(15)24)31-16(2)22(28)26-23-25-21(14-32-23)17-5-8-19(9-6-17)33(29,30)27-11-3-4-12-27/h5-10,13-14,16H,3-4,11-12H2,1-2H3,(H,25,26,28). The summed E-state index contributed by atoms with van der Waals surface area (Å²) in [5.41, 5.74) is 2.29. The number of anilines is 1. The number of sulfonamides is 1. The van der Waals surface area contributed by atoms with Crippen molar-refractivity contribution in [2.75, 3.05) is 18.4 Å². The Labute approximate surface area is 202 Å². The van der Waals surface area contributed by atoms with Crippen LogP contribution < -0.4 is 10.1 Å². The zero-order valence-electron chi connectivity index (χ0n) is 18.2. The van der Waals surface area contributed by atoms with Gasteiger partial charge in [-0.15, -0.1) is 11.3 Å². The van der Waals surface area contributed by atoms with Crippen LogP contribution >= 0.6 is 22.9 Å². The lowest BCUT2D eigenvalue weighted by atomic mass is 10.2. The molecule has 2 aromatic carbocycles. The predicted octanol–water partition coefficient (Wildman–Crippen LogP) is 4.96. The number of aromatic nitrogens is 1. The number of hydrogen-bond donors (Lipinski definition) is 1. The van der Waals surface area contributed by atoms with E-state index in [0.717, 1.165) is 24.0 Å². The molecule has 1 aliphatic rings. The zero-order chi connectivity index (χ0) is 23.6. The molecule has 1 atom stereocenters. The lowest BCUT2D eigenvalue weighted by molar-refractivity contribution is -0.122. The second-order valence-electron chi connectivity index (χ2n) is 7.83. The molecule has 7 nitrogen and oxygen atoms in total. The van der Waals surface area contributed by atoms with Gasteiger partial charge >= 0.3 is 0 Å². The Kier molecular flexibility index (Phi) is 7.04. The van der Waals surface area contributed by atoms with Crippen LogP contribution in [0.2, 0.25) is 5.02 Å². The van der Waals surface area contributed by atoms with Gasteiger partial charge < -0.3 is 4.74 Å². The number of ether oxygens (including phenoxy) is 1. The summed E-state index contributed by atoms with van der Waals surface area (Å²) in [7, 11) is -3.45. The van der Waals surface area contributed by atoms with Crippen LogP contribution in [0.25, 0.3) is 11.3 Å². The van der Waals surface area contributed by atoms with Crippen LogP contribution in [0, 0.1) is 6.92 Å². The molecule has 3 aromatic rings. The molecule has 0 saturated carbocycles. The molecule has 0 spiro atoms. The van der Waals surface area contributed by atoms with Crippen LogP contribution in [0.3, 0.4) is 0 Å². The number of hydrogen-bond acceptors (Lipinski definition) is 6. The minimum Gasteiger partial charge on any atom is -0.481 e. The van der Waals surface area contributed by atoms with Gasteiger partial charge in [0.2, 0.25) is 10.0 Å². The molecule has 2 heterocycles. The van der Waals surface area contributed by atoms with E-state index >= 15 is 0 Å². The van der Waals surface area contributed by atoms with Gasteiger partial charge in [-0.1, -0.05) is 23.7 Å². The van der Waals surface area contributed by atoms with Crippen LogP contribution in [0.5, 0.6) is 5.75 Å². The summed E-state index contributed by atoms with van der Waals surface area (Å²) in [4.78, 5) is 17.3. The maximum absolute atomic E-state index is 12.7. The van der Waals surface area contributed by atoms with E-state index in [9.17, 15) is 13.2 Å². The van der Waals surface area contributed by atoms with Gasteiger partial charge in [-0.05, 0) is 62.6 Å². The summed E-state index contributed by atoms with van der Waals surface area (Å²) in [5, 5.41) is 5.65. The molecule has 33 heavy (non-hydrogen) atoms. The number of aryl methyl sites for hydroxylation is 1. The number of halogens is 1. The quantitative estimate of drug-likeness (QED) is 0.490. The monoisotopic (exact) mass is 505 g/mol. The summed E-state index contributed by atoms with van der Waals surface area (Å²) < 4.78 is 32.6. The van der Waals surface area contributed by atoms with Gasteiger partial charge in [-0.2, -0.15) is 4.31 Å². The molecule has 0 bridgehead atoms. The number of nitrogens with zero attached hydrogens (tertiary/aromatic N) is 2. The Hall–Kier alpha value is -2.46. The van der Waals surface area contributed by atoms with Gasteiger partial charge in [-0.3, -0.25) is 10.1 Å². The SMILES string of the molecule is Cc1cc(OC(C)C(=O)Nc2nc(-c3ccc(S(=O)(=O)N4CCCC4)cc3)cs2)ccc1Cl. The summed E-state index contributed by atoms with van der Waals surface area (Å²) in [5.74, 6) is 0.235. The van der Waals surface area contributed by atoms with E-state index < -0.39 is 16.1 Å². The van der Waals surface area contributed by atoms with E-state index in [2.05, 4.69) is 10.3 Å². The van der Waals surface area contributed by atoms with Crippen LogP contribution in [0.1, 0.15) is 25.3 Å².